The standard InChI is InChI=1S/C40H60O9/c1-10-23(2)35-26(5)16-17-39(49-35)20-30-19-29(48-39)15-14-25(4)34(47-32(41)21-38(7,8)9)24(3)12-11-13-28-22-45-36-33(42)27(6)18-31(37(43)46-30)40(28,36)44/h11-14,18,23-24,26,29-31,33-36,42,44H,10,15-17,19-22H2,1-9H3/b12-11+,25-14+,28-13+/t23?,24-,26-,29+,30-,31-,33+,34-,35+,36+,39+,40+/m0/s1. The summed E-state index contributed by atoms with van der Waals surface area (Å²) in [4.78, 5) is 27.3. The average molecular weight is 685 g/mol. The first kappa shape index (κ1) is 37.9. The van der Waals surface area contributed by atoms with Gasteiger partial charge in [-0.25, -0.2) is 0 Å². The fraction of sp³-hybridized carbons (Fsp3) is 0.750. The molecule has 9 heteroatoms. The smallest absolute Gasteiger partial charge is 0.316 e. The van der Waals surface area contributed by atoms with Gasteiger partial charge in [0.2, 0.25) is 0 Å². The molecule has 0 amide bonds. The minimum atomic E-state index is -1.80. The van der Waals surface area contributed by atoms with Crippen LogP contribution in [-0.4, -0.2) is 76.8 Å². The molecule has 0 aromatic rings. The first-order valence-electron chi connectivity index (χ1n) is 18.5. The van der Waals surface area contributed by atoms with Crippen LogP contribution in [0.2, 0.25) is 0 Å². The van der Waals surface area contributed by atoms with Gasteiger partial charge in [0, 0.05) is 25.2 Å². The minimum absolute atomic E-state index is 0.0125. The van der Waals surface area contributed by atoms with Crippen LogP contribution >= 0.6 is 0 Å². The van der Waals surface area contributed by atoms with Crippen molar-refractivity contribution in [3.8, 4) is 0 Å². The largest absolute Gasteiger partial charge is 0.462 e. The van der Waals surface area contributed by atoms with E-state index in [1.54, 1.807) is 19.1 Å². The van der Waals surface area contributed by atoms with Gasteiger partial charge in [-0.3, -0.25) is 9.59 Å². The van der Waals surface area contributed by atoms with Gasteiger partial charge in [0.1, 0.15) is 35.9 Å². The maximum absolute atomic E-state index is 14.2. The van der Waals surface area contributed by atoms with Gasteiger partial charge in [0.05, 0.1) is 25.2 Å². The van der Waals surface area contributed by atoms with Gasteiger partial charge in [-0.2, -0.15) is 0 Å². The Bertz CT molecular complexity index is 1350. The zero-order valence-electron chi connectivity index (χ0n) is 31.1. The van der Waals surface area contributed by atoms with Gasteiger partial charge < -0.3 is 33.9 Å². The zero-order chi connectivity index (χ0) is 35.9. The lowest BCUT2D eigenvalue weighted by Crippen LogP contribution is -2.58. The van der Waals surface area contributed by atoms with Crippen LogP contribution in [0.15, 0.2) is 47.1 Å². The van der Waals surface area contributed by atoms with Gasteiger partial charge >= 0.3 is 11.9 Å². The Balaban J connectivity index is 1.55. The number of aliphatic hydroxyl groups excluding tert-OH is 1. The molecule has 5 aliphatic rings. The Morgan fingerprint density at radius 2 is 1.88 bits per heavy atom. The highest BCUT2D eigenvalue weighted by Crippen LogP contribution is 2.48. The van der Waals surface area contributed by atoms with Gasteiger partial charge in [-0.05, 0) is 60.7 Å². The van der Waals surface area contributed by atoms with Crippen molar-refractivity contribution in [2.75, 3.05) is 6.61 Å². The molecule has 0 aromatic carbocycles. The lowest BCUT2D eigenvalue weighted by Gasteiger charge is -2.51. The van der Waals surface area contributed by atoms with E-state index in [1.807, 2.05) is 46.8 Å². The molecule has 274 valence electrons. The van der Waals surface area contributed by atoms with Crippen molar-refractivity contribution in [2.45, 2.75) is 155 Å². The van der Waals surface area contributed by atoms with E-state index in [0.717, 1.165) is 18.4 Å². The van der Waals surface area contributed by atoms with Crippen LogP contribution < -0.4 is 0 Å². The third kappa shape index (κ3) is 8.12. The third-order valence-corrected chi connectivity index (χ3v) is 11.4. The molecule has 49 heavy (non-hydrogen) atoms. The van der Waals surface area contributed by atoms with Crippen LogP contribution in [0.4, 0.5) is 0 Å². The molecule has 0 radical (unpaired) electrons. The highest BCUT2D eigenvalue weighted by atomic mass is 16.7. The first-order chi connectivity index (χ1) is 23.0. The average Bonchev–Trinajstić information content (AvgIpc) is 3.36. The zero-order valence-corrected chi connectivity index (χ0v) is 31.1. The van der Waals surface area contributed by atoms with E-state index in [-0.39, 0.29) is 42.5 Å². The molecule has 9 nitrogen and oxygen atoms in total. The van der Waals surface area contributed by atoms with Gasteiger partial charge in [-0.15, -0.1) is 0 Å². The molecule has 0 saturated carbocycles. The summed E-state index contributed by atoms with van der Waals surface area (Å²) in [5.41, 5.74) is -0.0749. The maximum Gasteiger partial charge on any atom is 0.316 e. The molecule has 12 atom stereocenters. The van der Waals surface area contributed by atoms with E-state index in [1.165, 1.54) is 0 Å². The molecular formula is C40H60O9. The SMILES string of the molecule is CCC(C)[C@H]1O[C@]2(CC[C@@H]1C)C[C@@H]1C[C@@H](C/C=C(\C)[C@@H](OC(=O)CC(C)(C)C)[C@@H](C)/C=C/C=C3\CO[C@@H]4[C@H](O)C(C)=C[C@@H](C(=O)O1)[C@]34O)O2. The Kier molecular flexibility index (Phi) is 11.4. The van der Waals surface area contributed by atoms with Crippen molar-refractivity contribution in [1.29, 1.82) is 0 Å². The monoisotopic (exact) mass is 684 g/mol. The van der Waals surface area contributed by atoms with E-state index < -0.39 is 47.7 Å². The quantitative estimate of drug-likeness (QED) is 0.252. The number of aliphatic hydroxyl groups is 2. The Labute approximate surface area is 293 Å². The van der Waals surface area contributed by atoms with Crippen molar-refractivity contribution in [3.05, 3.63) is 47.1 Å². The predicted molar refractivity (Wildman–Crippen MR) is 186 cm³/mol. The molecule has 0 aromatic heterocycles. The second-order valence-corrected chi connectivity index (χ2v) is 16.8. The Morgan fingerprint density at radius 3 is 2.57 bits per heavy atom. The van der Waals surface area contributed by atoms with E-state index >= 15 is 0 Å². The third-order valence-electron chi connectivity index (χ3n) is 11.4. The maximum atomic E-state index is 14.2. The topological polar surface area (TPSA) is 121 Å². The van der Waals surface area contributed by atoms with Crippen LogP contribution in [0.25, 0.3) is 0 Å². The fourth-order valence-electron chi connectivity index (χ4n) is 8.36. The molecular weight excluding hydrogens is 624 g/mol. The van der Waals surface area contributed by atoms with Crippen molar-refractivity contribution in [3.63, 3.8) is 0 Å². The number of esters is 2. The summed E-state index contributed by atoms with van der Waals surface area (Å²) in [6.45, 7) is 18.4. The number of rotatable bonds is 4. The van der Waals surface area contributed by atoms with Gasteiger partial charge in [-0.1, -0.05) is 85.3 Å². The molecule has 1 unspecified atom stereocenters. The van der Waals surface area contributed by atoms with Crippen molar-refractivity contribution >= 4 is 11.9 Å². The summed E-state index contributed by atoms with van der Waals surface area (Å²) in [6, 6.07) is 0. The molecule has 3 fully saturated rings. The molecule has 1 spiro atoms. The van der Waals surface area contributed by atoms with Crippen LogP contribution in [0.3, 0.4) is 0 Å². The van der Waals surface area contributed by atoms with E-state index in [0.29, 0.717) is 48.7 Å². The molecule has 4 heterocycles. The summed E-state index contributed by atoms with van der Waals surface area (Å²) in [7, 11) is 0. The second kappa shape index (κ2) is 14.7. The molecule has 4 aliphatic heterocycles. The van der Waals surface area contributed by atoms with E-state index in [2.05, 4.69) is 26.8 Å². The summed E-state index contributed by atoms with van der Waals surface area (Å²) in [5.74, 6) is -2.30. The van der Waals surface area contributed by atoms with Crippen LogP contribution in [-0.2, 0) is 33.3 Å². The van der Waals surface area contributed by atoms with Crippen LogP contribution in [0, 0.1) is 29.1 Å². The number of hydrogen-bond acceptors (Lipinski definition) is 9. The van der Waals surface area contributed by atoms with E-state index in [4.69, 9.17) is 23.7 Å². The number of allylic oxidation sites excluding steroid dienone is 2. The molecule has 2 N–H and O–H groups in total. The van der Waals surface area contributed by atoms with Gasteiger partial charge in [0.15, 0.2) is 5.79 Å². The highest BCUT2D eigenvalue weighted by molar-refractivity contribution is 5.78. The number of carbonyl (C=O) groups excluding carboxylic acids is 2. The van der Waals surface area contributed by atoms with Crippen LogP contribution in [0.5, 0.6) is 0 Å². The lowest BCUT2D eigenvalue weighted by atomic mass is 9.71. The lowest BCUT2D eigenvalue weighted by molar-refractivity contribution is -0.340. The second-order valence-electron chi connectivity index (χ2n) is 16.8. The summed E-state index contributed by atoms with van der Waals surface area (Å²) in [6.07, 6.45) is 10.0. The normalized spacial score (nSPS) is 43.6. The minimum Gasteiger partial charge on any atom is -0.462 e. The molecule has 3 saturated heterocycles. The van der Waals surface area contributed by atoms with Gasteiger partial charge in [0.25, 0.3) is 0 Å². The summed E-state index contributed by atoms with van der Waals surface area (Å²) in [5, 5.41) is 23.4. The first-order valence-corrected chi connectivity index (χ1v) is 18.5. The summed E-state index contributed by atoms with van der Waals surface area (Å²) < 4.78 is 32.2. The predicted octanol–water partition coefficient (Wildman–Crippen LogP) is 6.52. The highest BCUT2D eigenvalue weighted by Gasteiger charge is 2.60. The van der Waals surface area contributed by atoms with Crippen LogP contribution in [0.1, 0.15) is 107 Å². The number of hydrogen-bond donors (Lipinski definition) is 2. The number of fused-ring (bicyclic) bond motifs is 2. The van der Waals surface area contributed by atoms with E-state index in [9.17, 15) is 19.8 Å². The molecule has 2 bridgehead atoms. The van der Waals surface area contributed by atoms with Crippen molar-refractivity contribution < 1.29 is 43.5 Å². The molecule has 1 aliphatic carbocycles. The Morgan fingerprint density at radius 1 is 1.14 bits per heavy atom. The van der Waals surface area contributed by atoms with Crippen molar-refractivity contribution in [2.24, 2.45) is 29.1 Å². The van der Waals surface area contributed by atoms with Crippen molar-refractivity contribution in [1.82, 2.24) is 0 Å². The number of ether oxygens (including phenoxy) is 5. The Hall–Kier alpha value is -2.30. The molecule has 5 rings (SSSR count). The fourth-order valence-corrected chi connectivity index (χ4v) is 8.36. The number of carbonyl (C=O) groups is 2. The summed E-state index contributed by atoms with van der Waals surface area (Å²) >= 11 is 0.